The van der Waals surface area contributed by atoms with Gasteiger partial charge in [0, 0.05) is 34.7 Å². The van der Waals surface area contributed by atoms with Gasteiger partial charge in [0.2, 0.25) is 0 Å². The van der Waals surface area contributed by atoms with Crippen molar-refractivity contribution in [3.63, 3.8) is 0 Å². The number of nitrogens with zero attached hydrogens (tertiary/aromatic N) is 1. The summed E-state index contributed by atoms with van der Waals surface area (Å²) in [5.74, 6) is 0. The molecule has 1 aromatic carbocycles. The molecule has 0 bridgehead atoms. The van der Waals surface area contributed by atoms with Crippen molar-refractivity contribution in [2.24, 2.45) is 0 Å². The Labute approximate surface area is 122 Å². The zero-order valence-electron chi connectivity index (χ0n) is 10.5. The van der Waals surface area contributed by atoms with E-state index in [0.29, 0.717) is 6.04 Å². The van der Waals surface area contributed by atoms with Crippen LogP contribution >= 0.6 is 27.5 Å². The highest BCUT2D eigenvalue weighted by Crippen LogP contribution is 2.34. The highest BCUT2D eigenvalue weighted by Gasteiger charge is 2.29. The molecule has 1 aliphatic heterocycles. The molecule has 1 saturated heterocycles. The lowest BCUT2D eigenvalue weighted by Gasteiger charge is -2.21. The Morgan fingerprint density at radius 3 is 2.78 bits per heavy atom. The second-order valence-electron chi connectivity index (χ2n) is 5.43. The molecule has 3 rings (SSSR count). The van der Waals surface area contributed by atoms with Gasteiger partial charge in [0.25, 0.3) is 0 Å². The minimum Gasteiger partial charge on any atom is -0.369 e. The van der Waals surface area contributed by atoms with Crippen molar-refractivity contribution in [2.75, 3.05) is 18.0 Å². The zero-order chi connectivity index (χ0) is 12.7. The van der Waals surface area contributed by atoms with Gasteiger partial charge in [-0.2, -0.15) is 0 Å². The SMILES string of the molecule is Cc1cc(Br)c(N2CCC(NC3CC3)C2)cc1Cl. The molecule has 1 aromatic rings. The van der Waals surface area contributed by atoms with E-state index in [4.69, 9.17) is 11.6 Å². The van der Waals surface area contributed by atoms with Gasteiger partial charge < -0.3 is 10.2 Å². The van der Waals surface area contributed by atoms with E-state index in [1.165, 1.54) is 24.9 Å². The number of benzene rings is 1. The maximum absolute atomic E-state index is 6.23. The van der Waals surface area contributed by atoms with E-state index in [0.717, 1.165) is 34.2 Å². The Hall–Kier alpha value is -0.250. The molecule has 2 aliphatic rings. The van der Waals surface area contributed by atoms with Crippen molar-refractivity contribution >= 4 is 33.2 Å². The molecule has 1 unspecified atom stereocenters. The molecule has 1 saturated carbocycles. The third kappa shape index (κ3) is 2.68. The maximum atomic E-state index is 6.23. The fourth-order valence-corrected chi connectivity index (χ4v) is 3.44. The van der Waals surface area contributed by atoms with E-state index in [9.17, 15) is 0 Å². The van der Waals surface area contributed by atoms with Crippen molar-refractivity contribution in [3.8, 4) is 0 Å². The van der Waals surface area contributed by atoms with Crippen LogP contribution in [0.25, 0.3) is 0 Å². The van der Waals surface area contributed by atoms with Crippen LogP contribution < -0.4 is 10.2 Å². The highest BCUT2D eigenvalue weighted by molar-refractivity contribution is 9.10. The first-order valence-electron chi connectivity index (χ1n) is 6.60. The average molecular weight is 330 g/mol. The first-order chi connectivity index (χ1) is 8.63. The van der Waals surface area contributed by atoms with Gasteiger partial charge in [-0.3, -0.25) is 0 Å². The van der Waals surface area contributed by atoms with Gasteiger partial charge in [0.15, 0.2) is 0 Å². The normalized spacial score (nSPS) is 23.7. The minimum absolute atomic E-state index is 0.643. The Balaban J connectivity index is 1.73. The molecule has 1 N–H and O–H groups in total. The molecule has 0 aromatic heterocycles. The topological polar surface area (TPSA) is 15.3 Å². The van der Waals surface area contributed by atoms with E-state index in [1.807, 2.05) is 6.92 Å². The van der Waals surface area contributed by atoms with Crippen LogP contribution in [0.1, 0.15) is 24.8 Å². The highest BCUT2D eigenvalue weighted by atomic mass is 79.9. The Bertz CT molecular complexity index is 459. The van der Waals surface area contributed by atoms with Gasteiger partial charge in [0.1, 0.15) is 0 Å². The van der Waals surface area contributed by atoms with Crippen molar-refractivity contribution in [1.29, 1.82) is 0 Å². The second-order valence-corrected chi connectivity index (χ2v) is 6.69. The van der Waals surface area contributed by atoms with Crippen LogP contribution in [0.2, 0.25) is 5.02 Å². The van der Waals surface area contributed by atoms with E-state index in [1.54, 1.807) is 0 Å². The predicted molar refractivity (Wildman–Crippen MR) is 80.7 cm³/mol. The zero-order valence-corrected chi connectivity index (χ0v) is 12.9. The van der Waals surface area contributed by atoms with Crippen molar-refractivity contribution < 1.29 is 0 Å². The molecule has 1 heterocycles. The van der Waals surface area contributed by atoms with E-state index in [-0.39, 0.29) is 0 Å². The smallest absolute Gasteiger partial charge is 0.0526 e. The number of anilines is 1. The van der Waals surface area contributed by atoms with Gasteiger partial charge in [-0.1, -0.05) is 11.6 Å². The lowest BCUT2D eigenvalue weighted by molar-refractivity contribution is 0.548. The van der Waals surface area contributed by atoms with E-state index < -0.39 is 0 Å². The van der Waals surface area contributed by atoms with Crippen LogP contribution in [-0.4, -0.2) is 25.2 Å². The first-order valence-corrected chi connectivity index (χ1v) is 7.77. The molecule has 0 spiro atoms. The fourth-order valence-electron chi connectivity index (χ4n) is 2.58. The van der Waals surface area contributed by atoms with Crippen LogP contribution in [0.3, 0.4) is 0 Å². The molecule has 1 aliphatic carbocycles. The van der Waals surface area contributed by atoms with Gasteiger partial charge in [-0.15, -0.1) is 0 Å². The lowest BCUT2D eigenvalue weighted by Crippen LogP contribution is -2.34. The molecule has 98 valence electrons. The third-order valence-corrected chi connectivity index (χ3v) is 4.85. The lowest BCUT2D eigenvalue weighted by atomic mass is 10.2. The van der Waals surface area contributed by atoms with Crippen molar-refractivity contribution in [2.45, 2.75) is 38.3 Å². The summed E-state index contributed by atoms with van der Waals surface area (Å²) in [5.41, 5.74) is 2.35. The Morgan fingerprint density at radius 1 is 1.28 bits per heavy atom. The van der Waals surface area contributed by atoms with Crippen LogP contribution in [-0.2, 0) is 0 Å². The predicted octanol–water partition coefficient (Wildman–Crippen LogP) is 3.74. The molecular formula is C14H18BrClN2. The van der Waals surface area contributed by atoms with Gasteiger partial charge in [-0.05, 0) is 59.8 Å². The number of hydrogen-bond acceptors (Lipinski definition) is 2. The molecule has 18 heavy (non-hydrogen) atoms. The van der Waals surface area contributed by atoms with Gasteiger partial charge >= 0.3 is 0 Å². The summed E-state index contributed by atoms with van der Waals surface area (Å²) in [5, 5.41) is 4.56. The molecule has 2 fully saturated rings. The summed E-state index contributed by atoms with van der Waals surface area (Å²) in [6.45, 7) is 4.25. The van der Waals surface area contributed by atoms with E-state index >= 15 is 0 Å². The Kier molecular flexibility index (Phi) is 3.57. The summed E-state index contributed by atoms with van der Waals surface area (Å²) in [4.78, 5) is 2.43. The second kappa shape index (κ2) is 5.03. The number of rotatable bonds is 3. The third-order valence-electron chi connectivity index (χ3n) is 3.81. The molecule has 0 radical (unpaired) electrons. The Morgan fingerprint density at radius 2 is 2.06 bits per heavy atom. The summed E-state index contributed by atoms with van der Waals surface area (Å²) < 4.78 is 1.15. The van der Waals surface area contributed by atoms with Crippen LogP contribution in [0.4, 0.5) is 5.69 Å². The summed E-state index contributed by atoms with van der Waals surface area (Å²) >= 11 is 9.89. The summed E-state index contributed by atoms with van der Waals surface area (Å²) in [6, 6.07) is 5.63. The molecule has 4 heteroatoms. The largest absolute Gasteiger partial charge is 0.369 e. The molecule has 2 nitrogen and oxygen atoms in total. The number of hydrogen-bond donors (Lipinski definition) is 1. The number of halogens is 2. The number of aryl methyl sites for hydroxylation is 1. The van der Waals surface area contributed by atoms with Crippen LogP contribution in [0, 0.1) is 6.92 Å². The average Bonchev–Trinajstić information content (AvgIpc) is 3.01. The van der Waals surface area contributed by atoms with Crippen molar-refractivity contribution in [1.82, 2.24) is 5.32 Å². The van der Waals surface area contributed by atoms with E-state index in [2.05, 4.69) is 38.3 Å². The quantitative estimate of drug-likeness (QED) is 0.909. The monoisotopic (exact) mass is 328 g/mol. The summed E-state index contributed by atoms with van der Waals surface area (Å²) in [6.07, 6.45) is 3.95. The van der Waals surface area contributed by atoms with Crippen LogP contribution in [0.15, 0.2) is 16.6 Å². The van der Waals surface area contributed by atoms with Gasteiger partial charge in [-0.25, -0.2) is 0 Å². The molecule has 0 amide bonds. The summed E-state index contributed by atoms with van der Waals surface area (Å²) in [7, 11) is 0. The first kappa shape index (κ1) is 12.8. The van der Waals surface area contributed by atoms with Crippen molar-refractivity contribution in [3.05, 3.63) is 27.2 Å². The molecule has 1 atom stereocenters. The van der Waals surface area contributed by atoms with Crippen LogP contribution in [0.5, 0.6) is 0 Å². The maximum Gasteiger partial charge on any atom is 0.0526 e. The fraction of sp³-hybridized carbons (Fsp3) is 0.571. The molecular weight excluding hydrogens is 312 g/mol. The number of nitrogens with one attached hydrogen (secondary N) is 1. The van der Waals surface area contributed by atoms with Gasteiger partial charge in [0.05, 0.1) is 5.69 Å². The minimum atomic E-state index is 0.643. The standard InChI is InChI=1S/C14H18BrClN2/c1-9-6-12(15)14(7-13(9)16)18-5-4-11(8-18)17-10-2-3-10/h6-7,10-11,17H,2-5,8H2,1H3.